The van der Waals surface area contributed by atoms with Gasteiger partial charge in [0.2, 0.25) is 5.91 Å². The summed E-state index contributed by atoms with van der Waals surface area (Å²) in [7, 11) is 0. The Morgan fingerprint density at radius 1 is 1.75 bits per heavy atom. The second kappa shape index (κ2) is 2.84. The van der Waals surface area contributed by atoms with Crippen LogP contribution in [0.5, 0.6) is 0 Å². The summed E-state index contributed by atoms with van der Waals surface area (Å²) in [5.74, 6) is -1.28. The predicted molar refractivity (Wildman–Crippen MR) is 40.9 cm³/mol. The van der Waals surface area contributed by atoms with Crippen LogP contribution >= 0.6 is 0 Å². The molecule has 3 N–H and O–H groups in total. The highest BCUT2D eigenvalue weighted by atomic mass is 16.4. The molecule has 1 aliphatic heterocycles. The first-order chi connectivity index (χ1) is 5.57. The van der Waals surface area contributed by atoms with Gasteiger partial charge in [0.1, 0.15) is 5.82 Å². The van der Waals surface area contributed by atoms with E-state index in [4.69, 9.17) is 10.8 Å². The van der Waals surface area contributed by atoms with Gasteiger partial charge < -0.3 is 10.8 Å². The zero-order chi connectivity index (χ0) is 9.30. The molecule has 0 aromatic carbocycles. The molecule has 1 amide bonds. The monoisotopic (exact) mass is 170 g/mol. The van der Waals surface area contributed by atoms with Gasteiger partial charge in [0.05, 0.1) is 12.0 Å². The Kier molecular flexibility index (Phi) is 2.03. The lowest BCUT2D eigenvalue weighted by atomic mass is 10.2. The molecule has 0 aromatic rings. The normalized spacial score (nSPS) is 17.4. The molecule has 0 spiro atoms. The largest absolute Gasteiger partial charge is 0.478 e. The number of aliphatic carboxylic acids is 1. The Bertz CT molecular complexity index is 270. The number of nitrogens with zero attached hydrogens (tertiary/aromatic N) is 1. The SMILES string of the molecule is CCN1C(=O)CC(C(=O)O)=C1N. The Labute approximate surface area is 69.5 Å². The molecule has 0 aromatic heterocycles. The fourth-order valence-electron chi connectivity index (χ4n) is 1.17. The number of amides is 1. The van der Waals surface area contributed by atoms with Gasteiger partial charge in [0.15, 0.2) is 0 Å². The zero-order valence-corrected chi connectivity index (χ0v) is 6.70. The number of carboxylic acids is 1. The van der Waals surface area contributed by atoms with Crippen molar-refractivity contribution >= 4 is 11.9 Å². The molecule has 1 rings (SSSR count). The van der Waals surface area contributed by atoms with E-state index in [1.54, 1.807) is 6.92 Å². The van der Waals surface area contributed by atoms with E-state index in [1.807, 2.05) is 0 Å². The maximum absolute atomic E-state index is 11.1. The van der Waals surface area contributed by atoms with Crippen LogP contribution in [0.2, 0.25) is 0 Å². The highest BCUT2D eigenvalue weighted by molar-refractivity contribution is 5.98. The second-order valence-electron chi connectivity index (χ2n) is 2.48. The highest BCUT2D eigenvalue weighted by Gasteiger charge is 2.30. The molecule has 66 valence electrons. The summed E-state index contributed by atoms with van der Waals surface area (Å²) >= 11 is 0. The van der Waals surface area contributed by atoms with Crippen LogP contribution in [0.15, 0.2) is 11.4 Å². The van der Waals surface area contributed by atoms with Crippen LogP contribution in [0.1, 0.15) is 13.3 Å². The summed E-state index contributed by atoms with van der Waals surface area (Å²) in [6.07, 6.45) is -0.0883. The Morgan fingerprint density at radius 3 is 2.58 bits per heavy atom. The minimum atomic E-state index is -1.11. The average molecular weight is 170 g/mol. The molecular weight excluding hydrogens is 160 g/mol. The summed E-state index contributed by atoms with van der Waals surface area (Å²) in [4.78, 5) is 22.8. The van der Waals surface area contributed by atoms with Crippen LogP contribution < -0.4 is 5.73 Å². The van der Waals surface area contributed by atoms with Crippen molar-refractivity contribution in [2.75, 3.05) is 6.54 Å². The van der Waals surface area contributed by atoms with Crippen molar-refractivity contribution in [3.8, 4) is 0 Å². The van der Waals surface area contributed by atoms with Gasteiger partial charge in [-0.05, 0) is 6.92 Å². The van der Waals surface area contributed by atoms with E-state index in [9.17, 15) is 9.59 Å². The maximum atomic E-state index is 11.1. The molecule has 1 heterocycles. The van der Waals surface area contributed by atoms with E-state index in [-0.39, 0.29) is 23.7 Å². The quantitative estimate of drug-likeness (QED) is 0.584. The topological polar surface area (TPSA) is 83.6 Å². The molecule has 5 heteroatoms. The first-order valence-corrected chi connectivity index (χ1v) is 3.60. The fourth-order valence-corrected chi connectivity index (χ4v) is 1.17. The van der Waals surface area contributed by atoms with Crippen molar-refractivity contribution in [3.63, 3.8) is 0 Å². The fraction of sp³-hybridized carbons (Fsp3) is 0.429. The van der Waals surface area contributed by atoms with E-state index in [0.717, 1.165) is 0 Å². The van der Waals surface area contributed by atoms with E-state index in [2.05, 4.69) is 0 Å². The number of carboxylic acid groups (broad SMARTS) is 1. The molecule has 0 saturated carbocycles. The van der Waals surface area contributed by atoms with Crippen LogP contribution in [-0.2, 0) is 9.59 Å². The Hall–Kier alpha value is -1.52. The van der Waals surface area contributed by atoms with E-state index in [1.165, 1.54) is 4.90 Å². The molecule has 0 radical (unpaired) electrons. The van der Waals surface area contributed by atoms with E-state index in [0.29, 0.717) is 6.54 Å². The van der Waals surface area contributed by atoms with Gasteiger partial charge in [-0.2, -0.15) is 0 Å². The molecule has 0 bridgehead atoms. The lowest BCUT2D eigenvalue weighted by Crippen LogP contribution is -2.28. The third-order valence-electron chi connectivity index (χ3n) is 1.80. The summed E-state index contributed by atoms with van der Waals surface area (Å²) in [6, 6.07) is 0. The summed E-state index contributed by atoms with van der Waals surface area (Å²) < 4.78 is 0. The van der Waals surface area contributed by atoms with Crippen LogP contribution in [0.25, 0.3) is 0 Å². The summed E-state index contributed by atoms with van der Waals surface area (Å²) in [6.45, 7) is 2.16. The molecule has 0 unspecified atom stereocenters. The predicted octanol–water partition coefficient (Wildman–Crippen LogP) is -0.506. The first-order valence-electron chi connectivity index (χ1n) is 3.60. The van der Waals surface area contributed by atoms with Gasteiger partial charge in [-0.25, -0.2) is 4.79 Å². The maximum Gasteiger partial charge on any atom is 0.335 e. The molecule has 5 nitrogen and oxygen atoms in total. The number of rotatable bonds is 2. The van der Waals surface area contributed by atoms with Gasteiger partial charge in [-0.15, -0.1) is 0 Å². The summed E-state index contributed by atoms with van der Waals surface area (Å²) in [5.41, 5.74) is 5.43. The van der Waals surface area contributed by atoms with Crippen LogP contribution in [0.3, 0.4) is 0 Å². The summed E-state index contributed by atoms with van der Waals surface area (Å²) in [5, 5.41) is 8.60. The van der Waals surface area contributed by atoms with Crippen molar-refractivity contribution in [2.24, 2.45) is 5.73 Å². The van der Waals surface area contributed by atoms with Crippen molar-refractivity contribution in [3.05, 3.63) is 11.4 Å². The molecule has 0 fully saturated rings. The van der Waals surface area contributed by atoms with Crippen molar-refractivity contribution in [2.45, 2.75) is 13.3 Å². The number of carbonyl (C=O) groups is 2. The number of carbonyl (C=O) groups excluding carboxylic acids is 1. The molecule has 1 aliphatic rings. The second-order valence-corrected chi connectivity index (χ2v) is 2.48. The smallest absolute Gasteiger partial charge is 0.335 e. The van der Waals surface area contributed by atoms with Gasteiger partial charge in [-0.3, -0.25) is 9.69 Å². The Morgan fingerprint density at radius 2 is 2.33 bits per heavy atom. The molecule has 12 heavy (non-hydrogen) atoms. The van der Waals surface area contributed by atoms with Crippen molar-refractivity contribution < 1.29 is 14.7 Å². The molecule has 0 atom stereocenters. The van der Waals surface area contributed by atoms with Crippen molar-refractivity contribution in [1.82, 2.24) is 4.90 Å². The minimum absolute atomic E-state index is 0.00171. The van der Waals surface area contributed by atoms with Gasteiger partial charge in [-0.1, -0.05) is 0 Å². The minimum Gasteiger partial charge on any atom is -0.478 e. The molecule has 0 saturated heterocycles. The first kappa shape index (κ1) is 8.58. The zero-order valence-electron chi connectivity index (χ0n) is 6.70. The highest BCUT2D eigenvalue weighted by Crippen LogP contribution is 2.19. The molecular formula is C7H10N2O3. The van der Waals surface area contributed by atoms with Crippen LogP contribution in [-0.4, -0.2) is 28.4 Å². The van der Waals surface area contributed by atoms with Gasteiger partial charge in [0.25, 0.3) is 0 Å². The van der Waals surface area contributed by atoms with Crippen LogP contribution in [0.4, 0.5) is 0 Å². The number of hydrogen-bond acceptors (Lipinski definition) is 3. The third kappa shape index (κ3) is 1.13. The van der Waals surface area contributed by atoms with Crippen LogP contribution in [0, 0.1) is 0 Å². The Balaban J connectivity index is 2.96. The van der Waals surface area contributed by atoms with E-state index >= 15 is 0 Å². The lowest BCUT2D eigenvalue weighted by molar-refractivity contribution is -0.134. The standard InChI is InChI=1S/C7H10N2O3/c1-2-9-5(10)3-4(6(9)8)7(11)12/h2-3,8H2,1H3,(H,11,12). The lowest BCUT2D eigenvalue weighted by Gasteiger charge is -2.13. The average Bonchev–Trinajstić information content (AvgIpc) is 2.27. The number of hydrogen-bond donors (Lipinski definition) is 2. The van der Waals surface area contributed by atoms with Gasteiger partial charge in [0, 0.05) is 6.54 Å². The van der Waals surface area contributed by atoms with Gasteiger partial charge >= 0.3 is 5.97 Å². The van der Waals surface area contributed by atoms with E-state index < -0.39 is 5.97 Å². The third-order valence-corrected chi connectivity index (χ3v) is 1.80. The molecule has 0 aliphatic carbocycles. The van der Waals surface area contributed by atoms with Crippen molar-refractivity contribution in [1.29, 1.82) is 0 Å². The number of nitrogens with two attached hydrogens (primary N) is 1.